The maximum Gasteiger partial charge on any atom is 0.199 e. The SMILES string of the molecule is CCC(N)C(=O)c1nn(C)cc1C. The molecule has 0 aliphatic carbocycles. The van der Waals surface area contributed by atoms with Crippen LogP contribution in [-0.4, -0.2) is 21.6 Å². The van der Waals surface area contributed by atoms with E-state index in [4.69, 9.17) is 5.73 Å². The van der Waals surface area contributed by atoms with Crippen molar-refractivity contribution in [3.63, 3.8) is 0 Å². The van der Waals surface area contributed by atoms with E-state index in [9.17, 15) is 4.79 Å². The third-order valence-electron chi connectivity index (χ3n) is 2.02. The topological polar surface area (TPSA) is 60.9 Å². The number of aromatic nitrogens is 2. The molecule has 1 unspecified atom stereocenters. The molecule has 0 aliphatic heterocycles. The average molecular weight is 181 g/mol. The zero-order valence-electron chi connectivity index (χ0n) is 8.24. The van der Waals surface area contributed by atoms with E-state index in [0.717, 1.165) is 5.56 Å². The first-order valence-electron chi connectivity index (χ1n) is 4.36. The number of ketones is 1. The molecular formula is C9H15N3O. The Morgan fingerprint density at radius 1 is 1.77 bits per heavy atom. The molecule has 1 aromatic rings. The molecule has 0 aromatic carbocycles. The molecule has 1 aromatic heterocycles. The van der Waals surface area contributed by atoms with E-state index in [-0.39, 0.29) is 5.78 Å². The first-order valence-corrected chi connectivity index (χ1v) is 4.36. The third kappa shape index (κ3) is 1.95. The second-order valence-electron chi connectivity index (χ2n) is 3.21. The smallest absolute Gasteiger partial charge is 0.199 e. The molecule has 0 radical (unpaired) electrons. The van der Waals surface area contributed by atoms with E-state index in [1.165, 1.54) is 0 Å². The monoisotopic (exact) mass is 181 g/mol. The van der Waals surface area contributed by atoms with Crippen molar-refractivity contribution >= 4 is 5.78 Å². The Hall–Kier alpha value is -1.16. The van der Waals surface area contributed by atoms with Gasteiger partial charge in [0.1, 0.15) is 5.69 Å². The van der Waals surface area contributed by atoms with Gasteiger partial charge in [-0.15, -0.1) is 0 Å². The molecule has 0 amide bonds. The molecule has 2 N–H and O–H groups in total. The Bertz CT molecular complexity index is 317. The summed E-state index contributed by atoms with van der Waals surface area (Å²) in [5.74, 6) is -0.0689. The molecular weight excluding hydrogens is 166 g/mol. The van der Waals surface area contributed by atoms with Crippen LogP contribution in [0.15, 0.2) is 6.20 Å². The van der Waals surface area contributed by atoms with E-state index in [2.05, 4.69) is 5.10 Å². The molecule has 0 spiro atoms. The molecule has 72 valence electrons. The Morgan fingerprint density at radius 2 is 2.38 bits per heavy atom. The Morgan fingerprint density at radius 3 is 2.77 bits per heavy atom. The fourth-order valence-corrected chi connectivity index (χ4v) is 1.21. The minimum atomic E-state index is -0.423. The lowest BCUT2D eigenvalue weighted by Gasteiger charge is -2.04. The lowest BCUT2D eigenvalue weighted by Crippen LogP contribution is -2.30. The fraction of sp³-hybridized carbons (Fsp3) is 0.556. The highest BCUT2D eigenvalue weighted by Gasteiger charge is 2.18. The van der Waals surface area contributed by atoms with Crippen molar-refractivity contribution in [1.82, 2.24) is 9.78 Å². The second-order valence-corrected chi connectivity index (χ2v) is 3.21. The van der Waals surface area contributed by atoms with Gasteiger partial charge in [0, 0.05) is 13.2 Å². The van der Waals surface area contributed by atoms with Crippen LogP contribution in [0.5, 0.6) is 0 Å². The molecule has 0 fully saturated rings. The van der Waals surface area contributed by atoms with Crippen molar-refractivity contribution in [2.24, 2.45) is 12.8 Å². The summed E-state index contributed by atoms with van der Waals surface area (Å²) in [6.45, 7) is 3.75. The predicted molar refractivity (Wildman–Crippen MR) is 50.5 cm³/mol. The summed E-state index contributed by atoms with van der Waals surface area (Å²) in [5, 5.41) is 4.07. The van der Waals surface area contributed by atoms with Gasteiger partial charge in [0.15, 0.2) is 5.78 Å². The van der Waals surface area contributed by atoms with E-state index >= 15 is 0 Å². The number of aryl methyl sites for hydroxylation is 2. The summed E-state index contributed by atoms with van der Waals surface area (Å²) in [6.07, 6.45) is 2.46. The number of nitrogens with two attached hydrogens (primary N) is 1. The molecule has 1 atom stereocenters. The summed E-state index contributed by atoms with van der Waals surface area (Å²) in [6, 6.07) is -0.423. The van der Waals surface area contributed by atoms with E-state index in [1.54, 1.807) is 11.7 Å². The van der Waals surface area contributed by atoms with Crippen molar-refractivity contribution in [1.29, 1.82) is 0 Å². The number of hydrogen-bond acceptors (Lipinski definition) is 3. The molecule has 0 saturated carbocycles. The van der Waals surface area contributed by atoms with Gasteiger partial charge in [0.2, 0.25) is 0 Å². The summed E-state index contributed by atoms with van der Waals surface area (Å²) < 4.78 is 1.63. The standard InChI is InChI=1S/C9H15N3O/c1-4-7(10)9(13)8-6(2)5-12(3)11-8/h5,7H,4,10H2,1-3H3. The van der Waals surface area contributed by atoms with Crippen LogP contribution >= 0.6 is 0 Å². The quantitative estimate of drug-likeness (QED) is 0.696. The van der Waals surface area contributed by atoms with Crippen LogP contribution in [0.4, 0.5) is 0 Å². The van der Waals surface area contributed by atoms with Crippen LogP contribution in [0, 0.1) is 6.92 Å². The summed E-state index contributed by atoms with van der Waals surface area (Å²) in [4.78, 5) is 11.6. The normalized spacial score (nSPS) is 12.9. The van der Waals surface area contributed by atoms with Crippen LogP contribution < -0.4 is 5.73 Å². The van der Waals surface area contributed by atoms with Crippen LogP contribution in [0.1, 0.15) is 29.4 Å². The van der Waals surface area contributed by atoms with Crippen molar-refractivity contribution in [3.8, 4) is 0 Å². The molecule has 0 aliphatic rings. The highest BCUT2D eigenvalue weighted by atomic mass is 16.1. The molecule has 0 saturated heterocycles. The van der Waals surface area contributed by atoms with Crippen LogP contribution in [0.3, 0.4) is 0 Å². The minimum Gasteiger partial charge on any atom is -0.321 e. The lowest BCUT2D eigenvalue weighted by atomic mass is 10.1. The third-order valence-corrected chi connectivity index (χ3v) is 2.02. The van der Waals surface area contributed by atoms with Crippen molar-refractivity contribution in [2.75, 3.05) is 0 Å². The van der Waals surface area contributed by atoms with Crippen molar-refractivity contribution < 1.29 is 4.79 Å². The van der Waals surface area contributed by atoms with Gasteiger partial charge in [-0.2, -0.15) is 5.10 Å². The number of rotatable bonds is 3. The van der Waals surface area contributed by atoms with E-state index in [1.807, 2.05) is 20.0 Å². The molecule has 13 heavy (non-hydrogen) atoms. The van der Waals surface area contributed by atoms with Gasteiger partial charge in [-0.1, -0.05) is 6.92 Å². The zero-order chi connectivity index (χ0) is 10.0. The van der Waals surface area contributed by atoms with Gasteiger partial charge < -0.3 is 5.73 Å². The van der Waals surface area contributed by atoms with Gasteiger partial charge in [0.25, 0.3) is 0 Å². The van der Waals surface area contributed by atoms with E-state index in [0.29, 0.717) is 12.1 Å². The predicted octanol–water partition coefficient (Wildman–Crippen LogP) is 0.649. The van der Waals surface area contributed by atoms with Gasteiger partial charge in [-0.25, -0.2) is 0 Å². The van der Waals surface area contributed by atoms with E-state index < -0.39 is 6.04 Å². The molecule has 1 rings (SSSR count). The largest absolute Gasteiger partial charge is 0.321 e. The Kier molecular flexibility index (Phi) is 2.83. The summed E-state index contributed by atoms with van der Waals surface area (Å²) >= 11 is 0. The van der Waals surface area contributed by atoms with Crippen LogP contribution in [-0.2, 0) is 7.05 Å². The average Bonchev–Trinajstić information content (AvgIpc) is 2.42. The highest BCUT2D eigenvalue weighted by molar-refractivity contribution is 5.99. The first-order chi connectivity index (χ1) is 6.06. The minimum absolute atomic E-state index is 0.0689. The van der Waals surface area contributed by atoms with Gasteiger partial charge >= 0.3 is 0 Å². The molecule has 4 heteroatoms. The van der Waals surface area contributed by atoms with Crippen LogP contribution in [0.25, 0.3) is 0 Å². The van der Waals surface area contributed by atoms with Crippen molar-refractivity contribution in [3.05, 3.63) is 17.5 Å². The van der Waals surface area contributed by atoms with Crippen molar-refractivity contribution in [2.45, 2.75) is 26.3 Å². The number of nitrogens with zero attached hydrogens (tertiary/aromatic N) is 2. The Balaban J connectivity index is 2.94. The number of hydrogen-bond donors (Lipinski definition) is 1. The first kappa shape index (κ1) is 9.92. The number of Topliss-reactive ketones (excluding diaryl/α,β-unsaturated/α-hetero) is 1. The number of carbonyl (C=O) groups is 1. The maximum atomic E-state index is 11.6. The summed E-state index contributed by atoms with van der Waals surface area (Å²) in [7, 11) is 1.79. The molecule has 1 heterocycles. The van der Waals surface area contributed by atoms with Gasteiger partial charge in [0.05, 0.1) is 6.04 Å². The second kappa shape index (κ2) is 3.70. The summed E-state index contributed by atoms with van der Waals surface area (Å²) in [5.41, 5.74) is 7.01. The zero-order valence-corrected chi connectivity index (χ0v) is 8.24. The molecule has 0 bridgehead atoms. The molecule has 4 nitrogen and oxygen atoms in total. The lowest BCUT2D eigenvalue weighted by molar-refractivity contribution is 0.0953. The number of carbonyl (C=O) groups excluding carboxylic acids is 1. The van der Waals surface area contributed by atoms with Gasteiger partial charge in [-0.05, 0) is 18.9 Å². The Labute approximate surface area is 77.7 Å². The highest BCUT2D eigenvalue weighted by Crippen LogP contribution is 2.07. The maximum absolute atomic E-state index is 11.6. The van der Waals surface area contributed by atoms with Crippen LogP contribution in [0.2, 0.25) is 0 Å². The van der Waals surface area contributed by atoms with Gasteiger partial charge in [-0.3, -0.25) is 9.48 Å². The fourth-order valence-electron chi connectivity index (χ4n) is 1.21.